The molecule has 2 amide bonds. The van der Waals surface area contributed by atoms with Crippen LogP contribution in [0.2, 0.25) is 0 Å². The van der Waals surface area contributed by atoms with Gasteiger partial charge in [0.05, 0.1) is 17.7 Å². The van der Waals surface area contributed by atoms with Crippen molar-refractivity contribution in [2.24, 2.45) is 0 Å². The average molecular weight is 174 g/mol. The van der Waals surface area contributed by atoms with Gasteiger partial charge in [0.1, 0.15) is 0 Å². The summed E-state index contributed by atoms with van der Waals surface area (Å²) in [6.07, 6.45) is 0. The van der Waals surface area contributed by atoms with Crippen LogP contribution >= 0.6 is 0 Å². The molecule has 65 valence electrons. The van der Waals surface area contributed by atoms with Crippen LogP contribution in [0.1, 0.15) is 27.6 Å². The number of carbonyl (C=O) groups is 2. The molecule has 1 aliphatic heterocycles. The average Bonchev–Trinajstić information content (AvgIpc) is 2.41. The molecule has 1 aliphatic rings. The molecule has 3 heteroatoms. The van der Waals surface area contributed by atoms with Crippen molar-refractivity contribution in [2.45, 2.75) is 6.92 Å². The zero-order chi connectivity index (χ0) is 9.42. The highest BCUT2D eigenvalue weighted by atomic mass is 16.2. The topological polar surface area (TPSA) is 37.4 Å². The van der Waals surface area contributed by atoms with Gasteiger partial charge in [-0.05, 0) is 19.1 Å². The smallest absolute Gasteiger partial charge is 0.261 e. The van der Waals surface area contributed by atoms with Crippen molar-refractivity contribution >= 4 is 11.8 Å². The van der Waals surface area contributed by atoms with Gasteiger partial charge in [0.15, 0.2) is 0 Å². The second-order valence-electron chi connectivity index (χ2n) is 2.78. The molecule has 0 aliphatic carbocycles. The van der Waals surface area contributed by atoms with Crippen LogP contribution in [-0.2, 0) is 0 Å². The second kappa shape index (κ2) is 2.69. The van der Waals surface area contributed by atoms with E-state index in [1.54, 1.807) is 31.2 Å². The summed E-state index contributed by atoms with van der Waals surface area (Å²) in [6.45, 7) is 3.16. The molecule has 1 heterocycles. The molecule has 0 aromatic heterocycles. The fraction of sp³-hybridized carbons (Fsp3) is 0.100. The van der Waals surface area contributed by atoms with Gasteiger partial charge >= 0.3 is 0 Å². The minimum atomic E-state index is -0.233. The first kappa shape index (κ1) is 7.98. The van der Waals surface area contributed by atoms with Gasteiger partial charge in [0, 0.05) is 0 Å². The van der Waals surface area contributed by atoms with Crippen LogP contribution in [0.5, 0.6) is 0 Å². The van der Waals surface area contributed by atoms with Crippen molar-refractivity contribution in [3.63, 3.8) is 0 Å². The summed E-state index contributed by atoms with van der Waals surface area (Å²) in [5, 5.41) is 0. The molecule has 0 spiro atoms. The lowest BCUT2D eigenvalue weighted by Gasteiger charge is -2.07. The van der Waals surface area contributed by atoms with Crippen molar-refractivity contribution in [1.29, 1.82) is 0 Å². The molecule has 0 N–H and O–H groups in total. The SMILES string of the molecule is C[CH]N1C(=O)c2ccccc2C1=O. The molecule has 0 fully saturated rings. The van der Waals surface area contributed by atoms with Gasteiger partial charge in [-0.1, -0.05) is 12.1 Å². The maximum absolute atomic E-state index is 11.5. The number of rotatable bonds is 1. The first-order chi connectivity index (χ1) is 6.25. The van der Waals surface area contributed by atoms with Crippen LogP contribution in [0.4, 0.5) is 0 Å². The van der Waals surface area contributed by atoms with Gasteiger partial charge in [-0.2, -0.15) is 0 Å². The van der Waals surface area contributed by atoms with Crippen LogP contribution in [0.25, 0.3) is 0 Å². The van der Waals surface area contributed by atoms with E-state index in [4.69, 9.17) is 0 Å². The lowest BCUT2D eigenvalue weighted by Crippen LogP contribution is -2.25. The summed E-state index contributed by atoms with van der Waals surface area (Å²) in [5.41, 5.74) is 0.983. The Morgan fingerprint density at radius 3 is 1.92 bits per heavy atom. The largest absolute Gasteiger partial charge is 0.269 e. The van der Waals surface area contributed by atoms with Gasteiger partial charge in [-0.3, -0.25) is 14.5 Å². The normalized spacial score (nSPS) is 15.0. The van der Waals surface area contributed by atoms with Crippen LogP contribution in [-0.4, -0.2) is 16.7 Å². The van der Waals surface area contributed by atoms with E-state index in [1.807, 2.05) is 0 Å². The summed E-state index contributed by atoms with van der Waals surface area (Å²) in [5.74, 6) is -0.466. The van der Waals surface area contributed by atoms with Gasteiger partial charge in [-0.15, -0.1) is 0 Å². The van der Waals surface area contributed by atoms with E-state index in [0.29, 0.717) is 11.1 Å². The molecule has 1 aromatic carbocycles. The minimum Gasteiger partial charge on any atom is -0.269 e. The number of hydrogen-bond donors (Lipinski definition) is 0. The fourth-order valence-electron chi connectivity index (χ4n) is 1.44. The maximum atomic E-state index is 11.5. The first-order valence-electron chi connectivity index (χ1n) is 4.02. The zero-order valence-corrected chi connectivity index (χ0v) is 7.15. The number of benzene rings is 1. The minimum absolute atomic E-state index is 0.233. The van der Waals surface area contributed by atoms with E-state index in [-0.39, 0.29) is 11.8 Å². The third-order valence-electron chi connectivity index (χ3n) is 2.08. The van der Waals surface area contributed by atoms with E-state index in [2.05, 4.69) is 0 Å². The van der Waals surface area contributed by atoms with Gasteiger partial charge < -0.3 is 0 Å². The van der Waals surface area contributed by atoms with E-state index >= 15 is 0 Å². The summed E-state index contributed by atoms with van der Waals surface area (Å²) in [6, 6.07) is 6.84. The molecule has 3 nitrogen and oxygen atoms in total. The highest BCUT2D eigenvalue weighted by Gasteiger charge is 2.33. The number of fused-ring (bicyclic) bond motifs is 1. The van der Waals surface area contributed by atoms with E-state index < -0.39 is 0 Å². The lowest BCUT2D eigenvalue weighted by atomic mass is 10.1. The summed E-state index contributed by atoms with van der Waals surface area (Å²) in [4.78, 5) is 24.2. The van der Waals surface area contributed by atoms with E-state index in [1.165, 1.54) is 6.54 Å². The molecule has 13 heavy (non-hydrogen) atoms. The summed E-state index contributed by atoms with van der Waals surface area (Å²) < 4.78 is 0. The quantitative estimate of drug-likeness (QED) is 0.604. The highest BCUT2D eigenvalue weighted by Crippen LogP contribution is 2.22. The second-order valence-corrected chi connectivity index (χ2v) is 2.78. The fourth-order valence-corrected chi connectivity index (χ4v) is 1.44. The number of hydrogen-bond acceptors (Lipinski definition) is 2. The molecule has 2 rings (SSSR count). The van der Waals surface area contributed by atoms with Crippen molar-refractivity contribution in [1.82, 2.24) is 4.90 Å². The van der Waals surface area contributed by atoms with Crippen molar-refractivity contribution in [2.75, 3.05) is 0 Å². The van der Waals surface area contributed by atoms with Crippen LogP contribution in [0.15, 0.2) is 24.3 Å². The van der Waals surface area contributed by atoms with Crippen LogP contribution in [0.3, 0.4) is 0 Å². The van der Waals surface area contributed by atoms with Crippen molar-refractivity contribution in [3.8, 4) is 0 Å². The molecule has 1 aromatic rings. The number of amides is 2. The Kier molecular flexibility index (Phi) is 1.65. The lowest BCUT2D eigenvalue weighted by molar-refractivity contribution is 0.0698. The third-order valence-corrected chi connectivity index (χ3v) is 2.08. The van der Waals surface area contributed by atoms with Gasteiger partial charge in [0.2, 0.25) is 0 Å². The van der Waals surface area contributed by atoms with E-state index in [0.717, 1.165) is 4.90 Å². The molecule has 1 radical (unpaired) electrons. The Morgan fingerprint density at radius 1 is 1.08 bits per heavy atom. The van der Waals surface area contributed by atoms with Crippen LogP contribution < -0.4 is 0 Å². The van der Waals surface area contributed by atoms with E-state index in [9.17, 15) is 9.59 Å². The molecule has 0 saturated carbocycles. The first-order valence-corrected chi connectivity index (χ1v) is 4.02. The molecular formula is C10H8NO2. The standard InChI is InChI=1S/C10H8NO2/c1-2-11-9(12)7-5-3-4-6-8(7)10(11)13/h2-6H,1H3. The Labute approximate surface area is 76.0 Å². The van der Waals surface area contributed by atoms with Gasteiger partial charge in [0.25, 0.3) is 11.8 Å². The highest BCUT2D eigenvalue weighted by molar-refractivity contribution is 6.21. The Hall–Kier alpha value is -1.64. The maximum Gasteiger partial charge on any atom is 0.261 e. The van der Waals surface area contributed by atoms with Crippen LogP contribution in [0, 0.1) is 6.54 Å². The predicted octanol–water partition coefficient (Wildman–Crippen LogP) is 1.46. The third kappa shape index (κ3) is 0.967. The van der Waals surface area contributed by atoms with Crippen molar-refractivity contribution in [3.05, 3.63) is 41.9 Å². The summed E-state index contributed by atoms with van der Waals surface area (Å²) in [7, 11) is 0. The summed E-state index contributed by atoms with van der Waals surface area (Å²) >= 11 is 0. The Bertz CT molecular complexity index is 349. The molecule has 0 unspecified atom stereocenters. The number of imide groups is 1. The van der Waals surface area contributed by atoms with Crippen molar-refractivity contribution < 1.29 is 9.59 Å². The molecule has 0 saturated heterocycles. The molecule has 0 bridgehead atoms. The molecular weight excluding hydrogens is 166 g/mol. The number of carbonyl (C=O) groups excluding carboxylic acids is 2. The van der Waals surface area contributed by atoms with Gasteiger partial charge in [-0.25, -0.2) is 0 Å². The zero-order valence-electron chi connectivity index (χ0n) is 7.15. The molecule has 0 atom stereocenters. The Morgan fingerprint density at radius 2 is 1.54 bits per heavy atom. The Balaban J connectivity index is 2.57. The number of nitrogens with zero attached hydrogens (tertiary/aromatic N) is 1. The predicted molar refractivity (Wildman–Crippen MR) is 46.9 cm³/mol. The monoisotopic (exact) mass is 174 g/mol.